The molecule has 2 saturated heterocycles. The number of hydrogen-bond acceptors (Lipinski definition) is 24. The molecule has 20 atom stereocenters. The van der Waals surface area contributed by atoms with Crippen LogP contribution < -0.4 is 0 Å². The van der Waals surface area contributed by atoms with Gasteiger partial charge in [0.05, 0.1) is 13.2 Å². The number of aliphatic hydroxyl groups is 9. The van der Waals surface area contributed by atoms with Crippen LogP contribution in [0.1, 0.15) is 414 Å². The van der Waals surface area contributed by atoms with Crippen molar-refractivity contribution in [3.8, 4) is 0 Å². The molecule has 0 spiro atoms. The molecule has 119 heavy (non-hydrogen) atoms. The summed E-state index contributed by atoms with van der Waals surface area (Å²) in [6, 6.07) is 0. The zero-order valence-electron chi connectivity index (χ0n) is 75.0. The summed E-state index contributed by atoms with van der Waals surface area (Å²) in [5.41, 5.74) is 0. The van der Waals surface area contributed by atoms with Crippen molar-refractivity contribution in [2.45, 2.75) is 518 Å². The zero-order valence-corrected chi connectivity index (χ0v) is 75.9. The maximum absolute atomic E-state index is 14.9. The van der Waals surface area contributed by atoms with Gasteiger partial charge in [-0.25, -0.2) is 4.57 Å². The van der Waals surface area contributed by atoms with Crippen molar-refractivity contribution in [2.75, 3.05) is 26.4 Å². The fourth-order valence-corrected chi connectivity index (χ4v) is 17.2. The van der Waals surface area contributed by atoms with Gasteiger partial charge in [0, 0.05) is 25.7 Å². The monoisotopic (exact) mass is 1720 g/mol. The van der Waals surface area contributed by atoms with Gasteiger partial charge in [-0.05, 0) is 63.2 Å². The lowest BCUT2D eigenvalue weighted by atomic mass is 9.84. The summed E-state index contributed by atoms with van der Waals surface area (Å²) in [7, 11) is -5.81. The molecule has 3 aliphatic rings. The molecular formula is C93H173O25P. The summed E-state index contributed by atoms with van der Waals surface area (Å²) in [4.78, 5) is 66.6. The summed E-state index contributed by atoms with van der Waals surface area (Å²) in [6.45, 7) is 10.3. The highest BCUT2D eigenvalue weighted by Crippen LogP contribution is 2.49. The van der Waals surface area contributed by atoms with E-state index in [0.29, 0.717) is 50.4 Å². The van der Waals surface area contributed by atoms with Crippen LogP contribution in [0.25, 0.3) is 0 Å². The van der Waals surface area contributed by atoms with Crippen molar-refractivity contribution in [3.05, 3.63) is 12.2 Å². The molecule has 0 radical (unpaired) electrons. The molecule has 2 aliphatic heterocycles. The number of carbonyl (C=O) groups excluding carboxylic acids is 4. The van der Waals surface area contributed by atoms with E-state index in [0.717, 1.165) is 122 Å². The number of rotatable bonds is 77. The van der Waals surface area contributed by atoms with Gasteiger partial charge in [0.25, 0.3) is 0 Å². The number of ether oxygens (including phenoxy) is 8. The number of aliphatic hydroxyl groups excluding tert-OH is 9. The number of phosphoric ester groups is 1. The summed E-state index contributed by atoms with van der Waals surface area (Å²) in [5.74, 6) is -1.61. The molecular weight excluding hydrogens is 1550 g/mol. The average Bonchev–Trinajstić information content (AvgIpc) is 0.753. The summed E-state index contributed by atoms with van der Waals surface area (Å²) in [6.07, 6.45) is 26.4. The molecule has 0 aromatic carbocycles. The van der Waals surface area contributed by atoms with Crippen LogP contribution in [0.3, 0.4) is 0 Å². The first-order valence-corrected chi connectivity index (χ1v) is 49.7. The molecule has 20 unspecified atom stereocenters. The normalized spacial score (nSPS) is 25.4. The molecule has 1 aliphatic carbocycles. The van der Waals surface area contributed by atoms with Gasteiger partial charge in [0.15, 0.2) is 24.8 Å². The minimum absolute atomic E-state index is 0.00506. The fourth-order valence-electron chi connectivity index (χ4n) is 16.2. The first-order valence-electron chi connectivity index (χ1n) is 48.2. The van der Waals surface area contributed by atoms with Gasteiger partial charge in [0.2, 0.25) is 0 Å². The second-order valence-corrected chi connectivity index (χ2v) is 36.5. The smallest absolute Gasteiger partial charge is 0.463 e. The summed E-state index contributed by atoms with van der Waals surface area (Å²) < 4.78 is 73.6. The molecule has 700 valence electrons. The van der Waals surface area contributed by atoms with Crippen molar-refractivity contribution >= 4 is 31.7 Å². The Morgan fingerprint density at radius 2 is 0.681 bits per heavy atom. The molecule has 2 heterocycles. The SMILES string of the molecule is CCCCCCCC/C=C\CCCCCC(=O)OCC1OC(OC2C(OC(=O)CCCCCCCCCCCCCCCCC)C(O)C(O)C(OC3OC(CO)C(O)C(O)C3O)C2OP(=O)(O)OCC(COC(=O)CCCCCCCCC(C)CCCCCCCC)OC(=O)CCCCCCCCC(C)CCCCCCCC)C(O)C(O)C1O. The lowest BCUT2D eigenvalue weighted by Crippen LogP contribution is -2.70. The zero-order chi connectivity index (χ0) is 87.1. The second kappa shape index (κ2) is 70.3. The number of hydrogen-bond donors (Lipinski definition) is 10. The molecule has 26 heteroatoms. The Labute approximate surface area is 718 Å². The molecule has 25 nitrogen and oxygen atoms in total. The van der Waals surface area contributed by atoms with Crippen molar-refractivity contribution in [1.82, 2.24) is 0 Å². The number of esters is 4. The molecule has 3 fully saturated rings. The maximum atomic E-state index is 14.9. The molecule has 0 amide bonds. The standard InChI is InChI=1S/C93H173O25P/c1-7-11-15-19-23-25-27-29-30-32-34-36-38-49-58-66-79(98)115-88-84(103)85(104)89(116-92-86(105)82(101)80(99)74(67-94)113-92)91(90(88)117-93-87(106)83(102)81(100)75(114-93)70-110-77(96)64-56-47-37-35-33-31-28-26-24-20-16-12-8-2)118-119(107,108)111-69-73(112-78(97)65-57-50-42-40-46-54-62-72(6)60-52-44-22-18-14-10-4)68-109-76(95)63-55-48-41-39-45-53-61-71(5)59-51-43-21-17-13-9-3/h31,33,71-75,80-94,99-106H,7-30,32,34-70H2,1-6H3,(H,107,108)/b33-31-. The van der Waals surface area contributed by atoms with Crippen molar-refractivity contribution in [2.24, 2.45) is 11.8 Å². The van der Waals surface area contributed by atoms with E-state index in [1.807, 2.05) is 0 Å². The van der Waals surface area contributed by atoms with Crippen LogP contribution in [0, 0.1) is 11.8 Å². The third-order valence-corrected chi connectivity index (χ3v) is 25.0. The van der Waals surface area contributed by atoms with Crippen molar-refractivity contribution < 1.29 is 122 Å². The van der Waals surface area contributed by atoms with Gasteiger partial charge in [-0.3, -0.25) is 28.2 Å². The van der Waals surface area contributed by atoms with Crippen LogP contribution in [0.5, 0.6) is 0 Å². The predicted molar refractivity (Wildman–Crippen MR) is 462 cm³/mol. The Kier molecular flexibility index (Phi) is 65.2. The van der Waals surface area contributed by atoms with Crippen molar-refractivity contribution in [1.29, 1.82) is 0 Å². The molecule has 0 bridgehead atoms. The largest absolute Gasteiger partial charge is 0.472 e. The molecule has 0 aromatic rings. The van der Waals surface area contributed by atoms with E-state index >= 15 is 0 Å². The van der Waals surface area contributed by atoms with E-state index in [-0.39, 0.29) is 25.7 Å². The van der Waals surface area contributed by atoms with E-state index in [2.05, 4.69) is 53.7 Å². The first kappa shape index (κ1) is 110. The van der Waals surface area contributed by atoms with Gasteiger partial charge in [-0.15, -0.1) is 0 Å². The lowest BCUT2D eigenvalue weighted by molar-refractivity contribution is -0.360. The Hall–Kier alpha value is -2.79. The quantitative estimate of drug-likeness (QED) is 0.00889. The highest BCUT2D eigenvalue weighted by molar-refractivity contribution is 7.47. The number of allylic oxidation sites excluding steroid dienone is 2. The van der Waals surface area contributed by atoms with Gasteiger partial charge >= 0.3 is 31.7 Å². The minimum atomic E-state index is -5.81. The van der Waals surface area contributed by atoms with E-state index in [1.165, 1.54) is 186 Å². The van der Waals surface area contributed by atoms with Crippen LogP contribution in [-0.2, 0) is 70.7 Å². The number of phosphoric acid groups is 1. The molecule has 10 N–H and O–H groups in total. The maximum Gasteiger partial charge on any atom is 0.472 e. The lowest BCUT2D eigenvalue weighted by Gasteiger charge is -2.50. The highest BCUT2D eigenvalue weighted by Gasteiger charge is 2.60. The van der Waals surface area contributed by atoms with Crippen LogP contribution in [0.15, 0.2) is 12.2 Å². The third kappa shape index (κ3) is 51.0. The molecule has 0 aromatic heterocycles. The van der Waals surface area contributed by atoms with E-state index in [4.69, 9.17) is 46.9 Å². The predicted octanol–water partition coefficient (Wildman–Crippen LogP) is 18.0. The number of carbonyl (C=O) groups is 4. The Balaban J connectivity index is 1.93. The van der Waals surface area contributed by atoms with Gasteiger partial charge in [0.1, 0.15) is 92.6 Å². The van der Waals surface area contributed by atoms with Gasteiger partial charge in [-0.1, -0.05) is 349 Å². The highest BCUT2D eigenvalue weighted by atomic mass is 31.2. The third-order valence-electron chi connectivity index (χ3n) is 24.1. The number of unbranched alkanes of at least 4 members (excludes halogenated alkanes) is 43. The van der Waals surface area contributed by atoms with Crippen LogP contribution in [0.4, 0.5) is 0 Å². The fraction of sp³-hybridized carbons (Fsp3) is 0.935. The average molecular weight is 1720 g/mol. The second-order valence-electron chi connectivity index (χ2n) is 35.1. The Morgan fingerprint density at radius 1 is 0.353 bits per heavy atom. The Morgan fingerprint density at radius 3 is 1.09 bits per heavy atom. The van der Waals surface area contributed by atoms with Crippen molar-refractivity contribution in [3.63, 3.8) is 0 Å². The molecule has 1 saturated carbocycles. The Bertz CT molecular complexity index is 2550. The van der Waals surface area contributed by atoms with E-state index in [1.54, 1.807) is 0 Å². The minimum Gasteiger partial charge on any atom is -0.463 e. The van der Waals surface area contributed by atoms with Gasteiger partial charge < -0.3 is 88.7 Å². The van der Waals surface area contributed by atoms with Crippen LogP contribution >= 0.6 is 7.82 Å². The summed E-state index contributed by atoms with van der Waals surface area (Å²) >= 11 is 0. The van der Waals surface area contributed by atoms with E-state index < -0.39 is 162 Å². The van der Waals surface area contributed by atoms with Crippen LogP contribution in [-0.4, -0.2) is 205 Å². The summed E-state index contributed by atoms with van der Waals surface area (Å²) in [5, 5.41) is 102. The van der Waals surface area contributed by atoms with Crippen LogP contribution in [0.2, 0.25) is 0 Å². The van der Waals surface area contributed by atoms with E-state index in [9.17, 15) is 74.6 Å². The molecule has 3 rings (SSSR count). The van der Waals surface area contributed by atoms with Gasteiger partial charge in [-0.2, -0.15) is 0 Å². The first-order chi connectivity index (χ1) is 57.5. The topological polar surface area (TPSA) is 380 Å².